The number of allylic oxidation sites excluding steroid dienone is 1. The van der Waals surface area contributed by atoms with Crippen molar-refractivity contribution in [2.24, 2.45) is 5.73 Å². The third-order valence-electron chi connectivity index (χ3n) is 4.57. The van der Waals surface area contributed by atoms with Gasteiger partial charge in [-0.25, -0.2) is 0 Å². The second-order valence-electron chi connectivity index (χ2n) is 6.23. The first-order valence-corrected chi connectivity index (χ1v) is 8.28. The van der Waals surface area contributed by atoms with Gasteiger partial charge in [0, 0.05) is 0 Å². The molecule has 0 spiro atoms. The van der Waals surface area contributed by atoms with Gasteiger partial charge in [0.2, 0.25) is 11.8 Å². The van der Waals surface area contributed by atoms with Gasteiger partial charge < -0.3 is 10.5 Å². The van der Waals surface area contributed by atoms with E-state index in [1.807, 2.05) is 36.4 Å². The van der Waals surface area contributed by atoms with E-state index in [9.17, 15) is 18.4 Å². The Morgan fingerprint density at radius 1 is 1.07 bits per heavy atom. The molecule has 0 saturated carbocycles. The molecule has 2 aromatic carbocycles. The van der Waals surface area contributed by atoms with Crippen LogP contribution in [-0.4, -0.2) is 10.2 Å². The van der Waals surface area contributed by atoms with Gasteiger partial charge in [-0.15, -0.1) is 5.10 Å². The van der Waals surface area contributed by atoms with E-state index in [-0.39, 0.29) is 17.3 Å². The van der Waals surface area contributed by atoms with E-state index in [4.69, 9.17) is 10.5 Å². The number of nitrogens with two attached hydrogens (primary N) is 1. The zero-order valence-corrected chi connectivity index (χ0v) is 14.3. The third kappa shape index (κ3) is 2.87. The van der Waals surface area contributed by atoms with Gasteiger partial charge >= 0.3 is 6.18 Å². The zero-order chi connectivity index (χ0) is 19.9. The number of rotatable bonds is 2. The lowest BCUT2D eigenvalue weighted by atomic mass is 9.83. The van der Waals surface area contributed by atoms with Crippen LogP contribution in [0.15, 0.2) is 66.1 Å². The van der Waals surface area contributed by atoms with Gasteiger partial charge in [0.05, 0.1) is 22.7 Å². The van der Waals surface area contributed by atoms with Crippen LogP contribution in [0.4, 0.5) is 13.2 Å². The number of nitriles is 1. The summed E-state index contributed by atoms with van der Waals surface area (Å²) in [7, 11) is 0. The van der Waals surface area contributed by atoms with Gasteiger partial charge in [-0.1, -0.05) is 42.5 Å². The number of aromatic amines is 1. The summed E-state index contributed by atoms with van der Waals surface area (Å²) in [5.74, 6) is -0.628. The Morgan fingerprint density at radius 2 is 1.75 bits per heavy atom. The fraction of sp³-hybridized carbons (Fsp3) is 0.100. The van der Waals surface area contributed by atoms with Crippen LogP contribution in [0.1, 0.15) is 22.6 Å². The number of ether oxygens (including phenoxy) is 1. The van der Waals surface area contributed by atoms with E-state index < -0.39 is 17.7 Å². The van der Waals surface area contributed by atoms with Crippen LogP contribution >= 0.6 is 0 Å². The molecule has 0 amide bonds. The molecule has 3 aromatic rings. The number of fused-ring (bicyclic) bond motifs is 1. The summed E-state index contributed by atoms with van der Waals surface area (Å²) in [6.07, 6.45) is -4.45. The van der Waals surface area contributed by atoms with Crippen molar-refractivity contribution < 1.29 is 17.9 Å². The van der Waals surface area contributed by atoms with Crippen molar-refractivity contribution in [1.82, 2.24) is 10.2 Å². The minimum absolute atomic E-state index is 0.117. The molecule has 0 radical (unpaired) electrons. The molecule has 0 bridgehead atoms. The molecule has 2 heterocycles. The SMILES string of the molecule is N#CC1=C(N)Oc2n[nH]c(-c3ccccc3)c2[C@H]1c1ccc(C(F)(F)F)cc1. The number of alkyl halides is 3. The number of H-pyrrole nitrogens is 1. The third-order valence-corrected chi connectivity index (χ3v) is 4.57. The van der Waals surface area contributed by atoms with Crippen molar-refractivity contribution in [2.75, 3.05) is 0 Å². The van der Waals surface area contributed by atoms with E-state index in [0.717, 1.165) is 17.7 Å². The minimum Gasteiger partial charge on any atom is -0.420 e. The summed E-state index contributed by atoms with van der Waals surface area (Å²) in [5.41, 5.74) is 7.67. The molecule has 1 aliphatic rings. The monoisotopic (exact) mass is 382 g/mol. The second kappa shape index (κ2) is 6.46. The maximum atomic E-state index is 12.9. The number of nitrogens with one attached hydrogen (secondary N) is 1. The Hall–Kier alpha value is -3.73. The van der Waals surface area contributed by atoms with Crippen molar-refractivity contribution in [3.05, 3.63) is 82.7 Å². The topological polar surface area (TPSA) is 87.7 Å². The van der Waals surface area contributed by atoms with E-state index in [2.05, 4.69) is 10.2 Å². The summed E-state index contributed by atoms with van der Waals surface area (Å²) in [6, 6.07) is 15.9. The lowest BCUT2D eigenvalue weighted by molar-refractivity contribution is -0.137. The lowest BCUT2D eigenvalue weighted by Gasteiger charge is -2.24. The summed E-state index contributed by atoms with van der Waals surface area (Å²) >= 11 is 0. The van der Waals surface area contributed by atoms with Gasteiger partial charge in [-0.05, 0) is 23.3 Å². The smallest absolute Gasteiger partial charge is 0.416 e. The first kappa shape index (κ1) is 17.7. The van der Waals surface area contributed by atoms with Crippen molar-refractivity contribution in [1.29, 1.82) is 5.26 Å². The van der Waals surface area contributed by atoms with Crippen LogP contribution < -0.4 is 10.5 Å². The predicted molar refractivity (Wildman–Crippen MR) is 94.8 cm³/mol. The van der Waals surface area contributed by atoms with Crippen molar-refractivity contribution in [3.8, 4) is 23.2 Å². The lowest BCUT2D eigenvalue weighted by Crippen LogP contribution is -2.21. The fourth-order valence-electron chi connectivity index (χ4n) is 3.27. The second-order valence-corrected chi connectivity index (χ2v) is 6.23. The average molecular weight is 382 g/mol. The molecular formula is C20H13F3N4O. The Morgan fingerprint density at radius 3 is 2.36 bits per heavy atom. The van der Waals surface area contributed by atoms with E-state index in [0.29, 0.717) is 16.8 Å². The molecule has 4 rings (SSSR count). The van der Waals surface area contributed by atoms with Crippen molar-refractivity contribution >= 4 is 0 Å². The average Bonchev–Trinajstić information content (AvgIpc) is 3.10. The number of hydrogen-bond acceptors (Lipinski definition) is 4. The fourth-order valence-corrected chi connectivity index (χ4v) is 3.27. The molecule has 8 heteroatoms. The standard InChI is InChI=1S/C20H13F3N4O/c21-20(22,23)13-8-6-11(7-9-13)15-14(10-24)18(25)28-19-16(15)17(26-27-19)12-4-2-1-3-5-12/h1-9,15H,25H2,(H,26,27)/t15-/m0/s1. The molecule has 1 aliphatic heterocycles. The number of halogens is 3. The molecule has 1 aromatic heterocycles. The van der Waals surface area contributed by atoms with Crippen LogP contribution in [0, 0.1) is 11.3 Å². The normalized spacial score (nSPS) is 16.3. The van der Waals surface area contributed by atoms with Gasteiger partial charge in [-0.2, -0.15) is 18.4 Å². The van der Waals surface area contributed by atoms with E-state index in [1.54, 1.807) is 0 Å². The number of benzene rings is 2. The molecular weight excluding hydrogens is 369 g/mol. The van der Waals surface area contributed by atoms with Gasteiger partial charge in [0.25, 0.3) is 0 Å². The molecule has 28 heavy (non-hydrogen) atoms. The Bertz CT molecular complexity index is 1090. The first-order chi connectivity index (χ1) is 13.4. The Balaban J connectivity index is 1.89. The summed E-state index contributed by atoms with van der Waals surface area (Å²) < 4.78 is 44.3. The molecule has 140 valence electrons. The van der Waals surface area contributed by atoms with Gasteiger partial charge in [0.1, 0.15) is 11.6 Å². The van der Waals surface area contributed by atoms with E-state index in [1.165, 1.54) is 12.1 Å². The van der Waals surface area contributed by atoms with Gasteiger partial charge in [-0.3, -0.25) is 5.10 Å². The van der Waals surface area contributed by atoms with Gasteiger partial charge in [0.15, 0.2) is 0 Å². The molecule has 1 atom stereocenters. The summed E-state index contributed by atoms with van der Waals surface area (Å²) in [6.45, 7) is 0. The highest BCUT2D eigenvalue weighted by Gasteiger charge is 2.36. The van der Waals surface area contributed by atoms with Crippen molar-refractivity contribution in [3.63, 3.8) is 0 Å². The number of nitrogens with zero attached hydrogens (tertiary/aromatic N) is 2. The largest absolute Gasteiger partial charge is 0.420 e. The summed E-state index contributed by atoms with van der Waals surface area (Å²) in [5, 5.41) is 16.6. The number of hydrogen-bond donors (Lipinski definition) is 2. The molecule has 0 aliphatic carbocycles. The highest BCUT2D eigenvalue weighted by Crippen LogP contribution is 2.45. The van der Waals surface area contributed by atoms with Crippen LogP contribution in [0.5, 0.6) is 5.88 Å². The van der Waals surface area contributed by atoms with Crippen LogP contribution in [0.3, 0.4) is 0 Å². The highest BCUT2D eigenvalue weighted by molar-refractivity contribution is 5.70. The first-order valence-electron chi connectivity index (χ1n) is 8.28. The molecule has 0 saturated heterocycles. The van der Waals surface area contributed by atoms with Crippen molar-refractivity contribution in [2.45, 2.75) is 12.1 Å². The maximum absolute atomic E-state index is 12.9. The Kier molecular flexibility index (Phi) is 4.08. The maximum Gasteiger partial charge on any atom is 0.416 e. The highest BCUT2D eigenvalue weighted by atomic mass is 19.4. The summed E-state index contributed by atoms with van der Waals surface area (Å²) in [4.78, 5) is 0. The molecule has 0 unspecified atom stereocenters. The Labute approximate surface area is 157 Å². The van der Waals surface area contributed by atoms with E-state index >= 15 is 0 Å². The van der Waals surface area contributed by atoms with Crippen LogP contribution in [0.2, 0.25) is 0 Å². The minimum atomic E-state index is -4.45. The van der Waals surface area contributed by atoms with Crippen LogP contribution in [-0.2, 0) is 6.18 Å². The molecule has 5 nitrogen and oxygen atoms in total. The van der Waals surface area contributed by atoms with Crippen LogP contribution in [0.25, 0.3) is 11.3 Å². The molecule has 3 N–H and O–H groups in total. The zero-order valence-electron chi connectivity index (χ0n) is 14.3. The number of aromatic nitrogens is 2. The predicted octanol–water partition coefficient (Wildman–Crippen LogP) is 4.31. The molecule has 0 fully saturated rings. The quantitative estimate of drug-likeness (QED) is 0.691.